The monoisotopic (exact) mass is 229 g/mol. The third-order valence-electron chi connectivity index (χ3n) is 1.63. The first-order valence-electron chi connectivity index (χ1n) is 3.85. The number of halogens is 1. The molecule has 2 nitrogen and oxygen atoms in total. The largest absolute Gasteiger partial charge is 0.391 e. The summed E-state index contributed by atoms with van der Waals surface area (Å²) in [4.78, 5) is 0. The van der Waals surface area contributed by atoms with E-state index < -0.39 is 6.10 Å². The maximum absolute atomic E-state index is 9.26. The predicted octanol–water partition coefficient (Wildman–Crippen LogP) is 1.31. The summed E-state index contributed by atoms with van der Waals surface area (Å²) in [6.45, 7) is 0.312. The van der Waals surface area contributed by atoms with E-state index in [0.717, 1.165) is 10.0 Å². The molecule has 0 heterocycles. The van der Waals surface area contributed by atoms with E-state index in [9.17, 15) is 5.11 Å². The van der Waals surface area contributed by atoms with Gasteiger partial charge in [-0.1, -0.05) is 28.1 Å². The summed E-state index contributed by atoms with van der Waals surface area (Å²) in [6, 6.07) is 7.86. The van der Waals surface area contributed by atoms with Crippen molar-refractivity contribution >= 4 is 15.9 Å². The van der Waals surface area contributed by atoms with Gasteiger partial charge in [-0.05, 0) is 24.1 Å². The molecule has 0 saturated carbocycles. The van der Waals surface area contributed by atoms with Crippen molar-refractivity contribution in [1.29, 1.82) is 0 Å². The van der Waals surface area contributed by atoms with Crippen LogP contribution in [-0.4, -0.2) is 17.8 Å². The van der Waals surface area contributed by atoms with Crippen LogP contribution in [0.3, 0.4) is 0 Å². The van der Waals surface area contributed by atoms with Crippen molar-refractivity contribution in [2.45, 2.75) is 12.5 Å². The Morgan fingerprint density at radius 2 is 2.25 bits per heavy atom. The summed E-state index contributed by atoms with van der Waals surface area (Å²) < 4.78 is 1.03. The van der Waals surface area contributed by atoms with Gasteiger partial charge in [-0.3, -0.25) is 0 Å². The summed E-state index contributed by atoms with van der Waals surface area (Å²) in [7, 11) is 0. The Kier molecular flexibility index (Phi) is 3.72. The second kappa shape index (κ2) is 4.60. The number of hydrogen-bond acceptors (Lipinski definition) is 2. The predicted molar refractivity (Wildman–Crippen MR) is 52.9 cm³/mol. The zero-order valence-corrected chi connectivity index (χ0v) is 8.29. The number of rotatable bonds is 3. The molecule has 0 aromatic heterocycles. The lowest BCUT2D eigenvalue weighted by molar-refractivity contribution is 0.183. The highest BCUT2D eigenvalue weighted by Crippen LogP contribution is 2.12. The molecule has 3 N–H and O–H groups in total. The minimum Gasteiger partial charge on any atom is -0.391 e. The molecular formula is C9H12BrNO. The summed E-state index contributed by atoms with van der Waals surface area (Å²) >= 11 is 3.36. The molecule has 0 amide bonds. The van der Waals surface area contributed by atoms with Crippen LogP contribution in [-0.2, 0) is 6.42 Å². The van der Waals surface area contributed by atoms with Gasteiger partial charge in [0, 0.05) is 11.0 Å². The Morgan fingerprint density at radius 3 is 2.83 bits per heavy atom. The van der Waals surface area contributed by atoms with Crippen molar-refractivity contribution in [3.05, 3.63) is 34.3 Å². The SMILES string of the molecule is NCC(O)Cc1cccc(Br)c1. The molecular weight excluding hydrogens is 218 g/mol. The van der Waals surface area contributed by atoms with Crippen molar-refractivity contribution in [3.63, 3.8) is 0 Å². The molecule has 1 unspecified atom stereocenters. The Labute approximate surface area is 80.5 Å². The molecule has 0 aliphatic heterocycles. The lowest BCUT2D eigenvalue weighted by atomic mass is 10.1. The highest BCUT2D eigenvalue weighted by atomic mass is 79.9. The van der Waals surface area contributed by atoms with Gasteiger partial charge in [-0.25, -0.2) is 0 Å². The van der Waals surface area contributed by atoms with Gasteiger partial charge in [0.05, 0.1) is 6.10 Å². The van der Waals surface area contributed by atoms with Crippen molar-refractivity contribution in [3.8, 4) is 0 Å². The summed E-state index contributed by atoms with van der Waals surface area (Å²) in [5, 5.41) is 9.26. The van der Waals surface area contributed by atoms with Gasteiger partial charge in [0.2, 0.25) is 0 Å². The van der Waals surface area contributed by atoms with Crippen LogP contribution in [0.25, 0.3) is 0 Å². The topological polar surface area (TPSA) is 46.2 Å². The van der Waals surface area contributed by atoms with Crippen molar-refractivity contribution in [2.24, 2.45) is 5.73 Å². The fraction of sp³-hybridized carbons (Fsp3) is 0.333. The highest BCUT2D eigenvalue weighted by Gasteiger charge is 2.02. The van der Waals surface area contributed by atoms with Crippen LogP contribution in [0.5, 0.6) is 0 Å². The molecule has 1 aromatic rings. The molecule has 0 aliphatic carbocycles. The molecule has 0 saturated heterocycles. The van der Waals surface area contributed by atoms with Gasteiger partial charge in [0.15, 0.2) is 0 Å². The number of hydrogen-bond donors (Lipinski definition) is 2. The number of aliphatic hydroxyl groups is 1. The fourth-order valence-electron chi connectivity index (χ4n) is 1.02. The van der Waals surface area contributed by atoms with Gasteiger partial charge in [0.25, 0.3) is 0 Å². The van der Waals surface area contributed by atoms with Crippen molar-refractivity contribution < 1.29 is 5.11 Å². The fourth-order valence-corrected chi connectivity index (χ4v) is 1.47. The molecule has 12 heavy (non-hydrogen) atoms. The zero-order valence-electron chi connectivity index (χ0n) is 6.70. The van der Waals surface area contributed by atoms with Gasteiger partial charge in [-0.15, -0.1) is 0 Å². The summed E-state index contributed by atoms with van der Waals surface area (Å²) in [5.74, 6) is 0. The first-order valence-corrected chi connectivity index (χ1v) is 4.64. The van der Waals surface area contributed by atoms with Crippen LogP contribution in [0.15, 0.2) is 28.7 Å². The van der Waals surface area contributed by atoms with Crippen molar-refractivity contribution in [2.75, 3.05) is 6.54 Å². The maximum atomic E-state index is 9.26. The van der Waals surface area contributed by atoms with Crippen LogP contribution in [0.1, 0.15) is 5.56 Å². The van der Waals surface area contributed by atoms with Crippen LogP contribution in [0.4, 0.5) is 0 Å². The number of nitrogens with two attached hydrogens (primary N) is 1. The van der Waals surface area contributed by atoms with E-state index in [4.69, 9.17) is 5.73 Å². The van der Waals surface area contributed by atoms with Gasteiger partial charge < -0.3 is 10.8 Å². The minimum absolute atomic E-state index is 0.312. The molecule has 66 valence electrons. The van der Waals surface area contributed by atoms with Gasteiger partial charge in [0.1, 0.15) is 0 Å². The highest BCUT2D eigenvalue weighted by molar-refractivity contribution is 9.10. The Balaban J connectivity index is 2.63. The second-order valence-corrected chi connectivity index (χ2v) is 3.64. The third-order valence-corrected chi connectivity index (χ3v) is 2.13. The van der Waals surface area contributed by atoms with Crippen LogP contribution < -0.4 is 5.73 Å². The molecule has 0 bridgehead atoms. The standard InChI is InChI=1S/C9H12BrNO/c10-8-3-1-2-7(4-8)5-9(12)6-11/h1-4,9,12H,5-6,11H2. The summed E-state index contributed by atoms with van der Waals surface area (Å²) in [5.41, 5.74) is 6.40. The van der Waals surface area contributed by atoms with Crippen LogP contribution in [0, 0.1) is 0 Å². The first-order chi connectivity index (χ1) is 5.72. The van der Waals surface area contributed by atoms with E-state index in [1.54, 1.807) is 0 Å². The Hall–Kier alpha value is -0.380. The molecule has 0 aliphatic rings. The normalized spacial score (nSPS) is 12.9. The molecule has 0 spiro atoms. The average Bonchev–Trinajstić information content (AvgIpc) is 2.04. The smallest absolute Gasteiger partial charge is 0.0702 e. The molecule has 1 rings (SSSR count). The lowest BCUT2D eigenvalue weighted by Crippen LogP contribution is -2.21. The average molecular weight is 230 g/mol. The van der Waals surface area contributed by atoms with E-state index in [-0.39, 0.29) is 0 Å². The van der Waals surface area contributed by atoms with Crippen LogP contribution in [0.2, 0.25) is 0 Å². The first kappa shape index (κ1) is 9.71. The van der Waals surface area contributed by atoms with E-state index in [0.29, 0.717) is 13.0 Å². The Morgan fingerprint density at radius 1 is 1.50 bits per heavy atom. The molecule has 1 aromatic carbocycles. The Bertz CT molecular complexity index is 252. The quantitative estimate of drug-likeness (QED) is 0.822. The summed E-state index contributed by atoms with van der Waals surface area (Å²) in [6.07, 6.45) is 0.190. The molecule has 0 radical (unpaired) electrons. The van der Waals surface area contributed by atoms with E-state index >= 15 is 0 Å². The molecule has 1 atom stereocenters. The number of aliphatic hydroxyl groups excluding tert-OH is 1. The van der Waals surface area contributed by atoms with Crippen molar-refractivity contribution in [1.82, 2.24) is 0 Å². The minimum atomic E-state index is -0.431. The second-order valence-electron chi connectivity index (χ2n) is 2.72. The molecule has 3 heteroatoms. The van der Waals surface area contributed by atoms with E-state index in [2.05, 4.69) is 15.9 Å². The van der Waals surface area contributed by atoms with E-state index in [1.165, 1.54) is 0 Å². The third kappa shape index (κ3) is 2.93. The lowest BCUT2D eigenvalue weighted by Gasteiger charge is -2.07. The molecule has 0 fully saturated rings. The zero-order chi connectivity index (χ0) is 8.97. The van der Waals surface area contributed by atoms with Crippen LogP contribution >= 0.6 is 15.9 Å². The maximum Gasteiger partial charge on any atom is 0.0702 e. The number of benzene rings is 1. The van der Waals surface area contributed by atoms with E-state index in [1.807, 2.05) is 24.3 Å². The van der Waals surface area contributed by atoms with Gasteiger partial charge in [-0.2, -0.15) is 0 Å². The van der Waals surface area contributed by atoms with Gasteiger partial charge >= 0.3 is 0 Å².